The highest BCUT2D eigenvalue weighted by Crippen LogP contribution is 2.26. The Morgan fingerprint density at radius 3 is 2.45 bits per heavy atom. The van der Waals surface area contributed by atoms with E-state index in [-0.39, 0.29) is 11.6 Å². The van der Waals surface area contributed by atoms with Crippen molar-refractivity contribution in [2.24, 2.45) is 0 Å². The SMILES string of the molecule is CCC(C)n1ccc(CC(NC)C(CC)(CC)OC)n1. The third kappa shape index (κ3) is 3.61. The molecule has 4 nitrogen and oxygen atoms in total. The van der Waals surface area contributed by atoms with Crippen LogP contribution in [-0.2, 0) is 11.2 Å². The Morgan fingerprint density at radius 2 is 2.00 bits per heavy atom. The minimum absolute atomic E-state index is 0.116. The van der Waals surface area contributed by atoms with Gasteiger partial charge in [0.25, 0.3) is 0 Å². The fraction of sp³-hybridized carbons (Fsp3) is 0.812. The highest BCUT2D eigenvalue weighted by atomic mass is 16.5. The lowest BCUT2D eigenvalue weighted by molar-refractivity contribution is -0.0456. The molecule has 0 saturated carbocycles. The molecule has 0 aliphatic rings. The predicted molar refractivity (Wildman–Crippen MR) is 84.1 cm³/mol. The van der Waals surface area contributed by atoms with Crippen molar-refractivity contribution in [2.45, 2.75) is 71.1 Å². The maximum Gasteiger partial charge on any atom is 0.0829 e. The summed E-state index contributed by atoms with van der Waals surface area (Å²) in [6.07, 6.45) is 6.08. The van der Waals surface area contributed by atoms with Gasteiger partial charge in [0.05, 0.1) is 11.3 Å². The third-order valence-corrected chi connectivity index (χ3v) is 4.71. The summed E-state index contributed by atoms with van der Waals surface area (Å²) >= 11 is 0. The number of aromatic nitrogens is 2. The van der Waals surface area contributed by atoms with Gasteiger partial charge in [-0.05, 0) is 39.3 Å². The smallest absolute Gasteiger partial charge is 0.0829 e. The van der Waals surface area contributed by atoms with Crippen LogP contribution in [0.25, 0.3) is 0 Å². The number of ether oxygens (including phenoxy) is 1. The second-order valence-electron chi connectivity index (χ2n) is 5.57. The molecule has 0 fully saturated rings. The minimum Gasteiger partial charge on any atom is -0.377 e. The molecule has 2 atom stereocenters. The Hall–Kier alpha value is -0.870. The zero-order valence-electron chi connectivity index (χ0n) is 13.9. The summed E-state index contributed by atoms with van der Waals surface area (Å²) in [6.45, 7) is 8.76. The zero-order chi connectivity index (χ0) is 15.2. The quantitative estimate of drug-likeness (QED) is 0.755. The molecule has 1 N–H and O–H groups in total. The van der Waals surface area contributed by atoms with Gasteiger partial charge in [-0.25, -0.2) is 0 Å². The first-order chi connectivity index (χ1) is 9.56. The first-order valence-electron chi connectivity index (χ1n) is 7.83. The lowest BCUT2D eigenvalue weighted by atomic mass is 9.85. The molecule has 116 valence electrons. The monoisotopic (exact) mass is 281 g/mol. The van der Waals surface area contributed by atoms with Crippen LogP contribution >= 0.6 is 0 Å². The fourth-order valence-corrected chi connectivity index (χ4v) is 2.85. The van der Waals surface area contributed by atoms with Crippen LogP contribution in [0.3, 0.4) is 0 Å². The average molecular weight is 281 g/mol. The Balaban J connectivity index is 2.85. The van der Waals surface area contributed by atoms with Crippen molar-refractivity contribution in [3.8, 4) is 0 Å². The highest BCUT2D eigenvalue weighted by molar-refractivity contribution is 5.06. The molecule has 0 saturated heterocycles. The van der Waals surface area contributed by atoms with E-state index in [9.17, 15) is 0 Å². The summed E-state index contributed by atoms with van der Waals surface area (Å²) < 4.78 is 7.90. The second-order valence-corrected chi connectivity index (χ2v) is 5.57. The summed E-state index contributed by atoms with van der Waals surface area (Å²) in [7, 11) is 3.82. The summed E-state index contributed by atoms with van der Waals surface area (Å²) in [5, 5.41) is 8.13. The number of nitrogens with one attached hydrogen (secondary N) is 1. The maximum atomic E-state index is 5.84. The normalized spacial score (nSPS) is 15.3. The van der Waals surface area contributed by atoms with Gasteiger partial charge in [0.15, 0.2) is 0 Å². The lowest BCUT2D eigenvalue weighted by Crippen LogP contribution is -2.51. The number of methoxy groups -OCH3 is 1. The van der Waals surface area contributed by atoms with Crippen molar-refractivity contribution in [3.05, 3.63) is 18.0 Å². The van der Waals surface area contributed by atoms with Crippen molar-refractivity contribution < 1.29 is 4.74 Å². The molecule has 0 aromatic carbocycles. The topological polar surface area (TPSA) is 39.1 Å². The van der Waals surface area contributed by atoms with Crippen molar-refractivity contribution in [3.63, 3.8) is 0 Å². The van der Waals surface area contributed by atoms with Gasteiger partial charge in [0, 0.05) is 31.8 Å². The van der Waals surface area contributed by atoms with E-state index < -0.39 is 0 Å². The van der Waals surface area contributed by atoms with E-state index in [1.165, 1.54) is 0 Å². The molecule has 1 aromatic heterocycles. The van der Waals surface area contributed by atoms with Crippen molar-refractivity contribution in [1.82, 2.24) is 15.1 Å². The van der Waals surface area contributed by atoms with E-state index >= 15 is 0 Å². The van der Waals surface area contributed by atoms with Gasteiger partial charge in [-0.15, -0.1) is 0 Å². The molecule has 0 radical (unpaired) electrons. The molecule has 20 heavy (non-hydrogen) atoms. The molecule has 1 aromatic rings. The standard InChI is InChI=1S/C16H31N3O/c1-7-13(4)19-11-10-14(18-19)12-15(17-5)16(8-2,9-3)20-6/h10-11,13,15,17H,7-9,12H2,1-6H3. The van der Waals surface area contributed by atoms with Crippen LogP contribution in [-0.4, -0.2) is 35.6 Å². The van der Waals surface area contributed by atoms with Crippen LogP contribution in [0.1, 0.15) is 58.7 Å². The molecule has 1 heterocycles. The Bertz CT molecular complexity index is 377. The molecule has 4 heteroatoms. The Morgan fingerprint density at radius 1 is 1.35 bits per heavy atom. The Kier molecular flexibility index (Phi) is 6.69. The van der Waals surface area contributed by atoms with Gasteiger partial charge < -0.3 is 10.1 Å². The Labute approximate surface area is 123 Å². The second kappa shape index (κ2) is 7.79. The van der Waals surface area contributed by atoms with Crippen LogP contribution in [0.4, 0.5) is 0 Å². The summed E-state index contributed by atoms with van der Waals surface area (Å²) in [5.41, 5.74) is 1.02. The van der Waals surface area contributed by atoms with Gasteiger partial charge in [0.2, 0.25) is 0 Å². The van der Waals surface area contributed by atoms with Gasteiger partial charge in [-0.3, -0.25) is 4.68 Å². The number of rotatable bonds is 9. The molecular formula is C16H31N3O. The maximum absolute atomic E-state index is 5.84. The van der Waals surface area contributed by atoms with Crippen LogP contribution in [0.2, 0.25) is 0 Å². The molecule has 0 spiro atoms. The van der Waals surface area contributed by atoms with E-state index in [2.05, 4.69) is 50.0 Å². The van der Waals surface area contributed by atoms with E-state index in [1.54, 1.807) is 0 Å². The molecule has 0 aliphatic heterocycles. The first-order valence-corrected chi connectivity index (χ1v) is 7.83. The third-order valence-electron chi connectivity index (χ3n) is 4.71. The van der Waals surface area contributed by atoms with Gasteiger partial charge >= 0.3 is 0 Å². The average Bonchev–Trinajstić information content (AvgIpc) is 2.96. The number of nitrogens with zero attached hydrogens (tertiary/aromatic N) is 2. The molecule has 1 rings (SSSR count). The molecular weight excluding hydrogens is 250 g/mol. The highest BCUT2D eigenvalue weighted by Gasteiger charge is 2.35. The van der Waals surface area contributed by atoms with Crippen molar-refractivity contribution in [1.29, 1.82) is 0 Å². The minimum atomic E-state index is -0.116. The van der Waals surface area contributed by atoms with Gasteiger partial charge in [-0.2, -0.15) is 5.10 Å². The van der Waals surface area contributed by atoms with Crippen LogP contribution in [0, 0.1) is 0 Å². The molecule has 0 bridgehead atoms. The van der Waals surface area contributed by atoms with E-state index in [0.717, 1.165) is 31.4 Å². The summed E-state index contributed by atoms with van der Waals surface area (Å²) in [5.74, 6) is 0. The van der Waals surface area contributed by atoms with Crippen molar-refractivity contribution in [2.75, 3.05) is 14.2 Å². The fourth-order valence-electron chi connectivity index (χ4n) is 2.85. The zero-order valence-corrected chi connectivity index (χ0v) is 13.9. The largest absolute Gasteiger partial charge is 0.377 e. The van der Waals surface area contributed by atoms with Crippen LogP contribution in [0.15, 0.2) is 12.3 Å². The number of hydrogen-bond acceptors (Lipinski definition) is 3. The van der Waals surface area contributed by atoms with Gasteiger partial charge in [0.1, 0.15) is 0 Å². The van der Waals surface area contributed by atoms with E-state index in [1.807, 2.05) is 14.2 Å². The van der Waals surface area contributed by atoms with E-state index in [0.29, 0.717) is 6.04 Å². The summed E-state index contributed by atoms with van der Waals surface area (Å²) in [6, 6.07) is 2.87. The number of hydrogen-bond donors (Lipinski definition) is 1. The van der Waals surface area contributed by atoms with Crippen LogP contribution < -0.4 is 5.32 Å². The predicted octanol–water partition coefficient (Wildman–Crippen LogP) is 3.19. The molecule has 0 amide bonds. The van der Waals surface area contributed by atoms with Crippen molar-refractivity contribution >= 4 is 0 Å². The molecule has 0 aliphatic carbocycles. The number of likely N-dealkylation sites (N-methyl/N-ethyl adjacent to an activating group) is 1. The first kappa shape index (κ1) is 17.2. The van der Waals surface area contributed by atoms with Crippen LogP contribution in [0.5, 0.6) is 0 Å². The molecule has 2 unspecified atom stereocenters. The van der Waals surface area contributed by atoms with Gasteiger partial charge in [-0.1, -0.05) is 20.8 Å². The lowest BCUT2D eigenvalue weighted by Gasteiger charge is -2.38. The summed E-state index contributed by atoms with van der Waals surface area (Å²) in [4.78, 5) is 0. The van der Waals surface area contributed by atoms with E-state index in [4.69, 9.17) is 9.84 Å².